The van der Waals surface area contributed by atoms with Gasteiger partial charge in [-0.25, -0.2) is 8.42 Å². The van der Waals surface area contributed by atoms with Gasteiger partial charge in [-0.2, -0.15) is 0 Å². The van der Waals surface area contributed by atoms with E-state index in [4.69, 9.17) is 4.74 Å². The lowest BCUT2D eigenvalue weighted by atomic mass is 10.0. The van der Waals surface area contributed by atoms with Crippen molar-refractivity contribution >= 4 is 21.6 Å². The van der Waals surface area contributed by atoms with E-state index in [1.165, 1.54) is 0 Å². The van der Waals surface area contributed by atoms with Crippen LogP contribution in [0.1, 0.15) is 43.4 Å². The molecule has 0 saturated carbocycles. The Bertz CT molecular complexity index is 986. The molecule has 0 aliphatic rings. The lowest BCUT2D eigenvalue weighted by Crippen LogP contribution is -2.48. The molecule has 1 unspecified atom stereocenters. The summed E-state index contributed by atoms with van der Waals surface area (Å²) in [6.45, 7) is 10.2. The molecule has 2 rings (SSSR count). The van der Waals surface area contributed by atoms with Crippen molar-refractivity contribution in [3.63, 3.8) is 0 Å². The number of hydrogen-bond acceptors (Lipinski definition) is 4. The lowest BCUT2D eigenvalue weighted by Gasteiger charge is -2.28. The normalized spacial score (nSPS) is 12.5. The van der Waals surface area contributed by atoms with Gasteiger partial charge in [0.15, 0.2) is 0 Å². The molecule has 0 bridgehead atoms. The monoisotopic (exact) mass is 432 g/mol. The van der Waals surface area contributed by atoms with Gasteiger partial charge in [0.1, 0.15) is 18.4 Å². The van der Waals surface area contributed by atoms with E-state index < -0.39 is 16.1 Å². The largest absolute Gasteiger partial charge is 0.491 e. The molecule has 0 radical (unpaired) electrons. The van der Waals surface area contributed by atoms with Crippen LogP contribution in [0.2, 0.25) is 0 Å². The van der Waals surface area contributed by atoms with Crippen molar-refractivity contribution in [1.82, 2.24) is 5.32 Å². The summed E-state index contributed by atoms with van der Waals surface area (Å²) in [6.07, 6.45) is 1.11. The van der Waals surface area contributed by atoms with Crippen LogP contribution in [-0.2, 0) is 14.8 Å². The molecule has 7 heteroatoms. The first-order chi connectivity index (χ1) is 14.0. The molecule has 2 aromatic rings. The standard InChI is InChI=1S/C23H32N2O4S/c1-16(2)21-9-7-8-10-22(21)29-14-13-24-23(26)19(5)25(30(6,27)28)20-12-11-17(3)18(4)15-20/h7-12,15-16,19H,13-14H2,1-6H3,(H,24,26). The van der Waals surface area contributed by atoms with E-state index in [0.29, 0.717) is 18.2 Å². The predicted octanol–water partition coefficient (Wildman–Crippen LogP) is 3.78. The average Bonchev–Trinajstić information content (AvgIpc) is 2.67. The minimum absolute atomic E-state index is 0.278. The molecule has 164 valence electrons. The van der Waals surface area contributed by atoms with Crippen molar-refractivity contribution in [3.05, 3.63) is 59.2 Å². The zero-order valence-electron chi connectivity index (χ0n) is 18.6. The van der Waals surface area contributed by atoms with Crippen molar-refractivity contribution in [1.29, 1.82) is 0 Å². The maximum Gasteiger partial charge on any atom is 0.243 e. The zero-order chi connectivity index (χ0) is 22.5. The highest BCUT2D eigenvalue weighted by Crippen LogP contribution is 2.26. The molecular weight excluding hydrogens is 400 g/mol. The second-order valence-corrected chi connectivity index (χ2v) is 9.69. The minimum Gasteiger partial charge on any atom is -0.491 e. The van der Waals surface area contributed by atoms with Crippen LogP contribution < -0.4 is 14.4 Å². The van der Waals surface area contributed by atoms with Gasteiger partial charge in [0, 0.05) is 0 Å². The van der Waals surface area contributed by atoms with Crippen LogP contribution in [0.4, 0.5) is 5.69 Å². The van der Waals surface area contributed by atoms with Gasteiger partial charge in [0.2, 0.25) is 15.9 Å². The fourth-order valence-corrected chi connectivity index (χ4v) is 4.41. The second kappa shape index (κ2) is 9.98. The van der Waals surface area contributed by atoms with Gasteiger partial charge in [-0.15, -0.1) is 0 Å². The van der Waals surface area contributed by atoms with E-state index in [2.05, 4.69) is 19.2 Å². The molecule has 6 nitrogen and oxygen atoms in total. The zero-order valence-corrected chi connectivity index (χ0v) is 19.4. The first-order valence-corrected chi connectivity index (χ1v) is 11.9. The molecule has 1 atom stereocenters. The smallest absolute Gasteiger partial charge is 0.243 e. The van der Waals surface area contributed by atoms with Crippen molar-refractivity contribution < 1.29 is 17.9 Å². The maximum atomic E-state index is 12.7. The van der Waals surface area contributed by atoms with Crippen molar-refractivity contribution in [2.45, 2.75) is 46.6 Å². The Hall–Kier alpha value is -2.54. The van der Waals surface area contributed by atoms with E-state index in [0.717, 1.165) is 33.0 Å². The number of amides is 1. The molecule has 2 aromatic carbocycles. The number of hydrogen-bond donors (Lipinski definition) is 1. The fraction of sp³-hybridized carbons (Fsp3) is 0.435. The summed E-state index contributed by atoms with van der Waals surface area (Å²) < 4.78 is 31.8. The summed E-state index contributed by atoms with van der Waals surface area (Å²) in [6, 6.07) is 12.3. The summed E-state index contributed by atoms with van der Waals surface area (Å²) >= 11 is 0. The number of rotatable bonds is 9. The quantitative estimate of drug-likeness (QED) is 0.612. The van der Waals surface area contributed by atoms with Gasteiger partial charge in [0.05, 0.1) is 18.5 Å². The predicted molar refractivity (Wildman–Crippen MR) is 122 cm³/mol. The first kappa shape index (κ1) is 23.7. The third kappa shape index (κ3) is 5.98. The number of aryl methyl sites for hydroxylation is 2. The Morgan fingerprint density at radius 1 is 1.07 bits per heavy atom. The number of anilines is 1. The highest BCUT2D eigenvalue weighted by atomic mass is 32.2. The van der Waals surface area contributed by atoms with Crippen LogP contribution in [-0.4, -0.2) is 39.8 Å². The lowest BCUT2D eigenvalue weighted by molar-refractivity contribution is -0.121. The second-order valence-electron chi connectivity index (χ2n) is 7.84. The minimum atomic E-state index is -3.64. The number of para-hydroxylation sites is 1. The summed E-state index contributed by atoms with van der Waals surface area (Å²) in [5.41, 5.74) is 3.61. The molecular formula is C23H32N2O4S. The molecule has 1 amide bonds. The Balaban J connectivity index is 2.03. The fourth-order valence-electron chi connectivity index (χ4n) is 3.24. The number of benzene rings is 2. The number of ether oxygens (including phenoxy) is 1. The number of carbonyl (C=O) groups excluding carboxylic acids is 1. The molecule has 30 heavy (non-hydrogen) atoms. The van der Waals surface area contributed by atoms with E-state index >= 15 is 0 Å². The Morgan fingerprint density at radius 3 is 2.33 bits per heavy atom. The Labute approximate surface area is 180 Å². The summed E-state index contributed by atoms with van der Waals surface area (Å²) in [5, 5.41) is 2.78. The van der Waals surface area contributed by atoms with Gasteiger partial charge in [-0.3, -0.25) is 9.10 Å². The van der Waals surface area contributed by atoms with Crippen LogP contribution in [0.25, 0.3) is 0 Å². The van der Waals surface area contributed by atoms with E-state index in [-0.39, 0.29) is 12.5 Å². The molecule has 0 saturated heterocycles. The van der Waals surface area contributed by atoms with Crippen molar-refractivity contribution in [3.8, 4) is 5.75 Å². The van der Waals surface area contributed by atoms with Gasteiger partial charge in [-0.1, -0.05) is 38.1 Å². The van der Waals surface area contributed by atoms with Gasteiger partial charge >= 0.3 is 0 Å². The van der Waals surface area contributed by atoms with E-state index in [9.17, 15) is 13.2 Å². The molecule has 0 aliphatic heterocycles. The molecule has 0 heterocycles. The molecule has 1 N–H and O–H groups in total. The summed E-state index contributed by atoms with van der Waals surface area (Å²) in [4.78, 5) is 12.7. The number of nitrogens with zero attached hydrogens (tertiary/aromatic N) is 1. The average molecular weight is 433 g/mol. The SMILES string of the molecule is Cc1ccc(N(C(C)C(=O)NCCOc2ccccc2C(C)C)S(C)(=O)=O)cc1C. The van der Waals surface area contributed by atoms with Crippen LogP contribution in [0.5, 0.6) is 5.75 Å². The van der Waals surface area contributed by atoms with E-state index in [1.54, 1.807) is 19.1 Å². The van der Waals surface area contributed by atoms with E-state index in [1.807, 2.05) is 44.2 Å². The van der Waals surface area contributed by atoms with Crippen molar-refractivity contribution in [2.24, 2.45) is 0 Å². The summed E-state index contributed by atoms with van der Waals surface area (Å²) in [5.74, 6) is 0.749. The number of carbonyl (C=O) groups is 1. The highest BCUT2D eigenvalue weighted by Gasteiger charge is 2.29. The van der Waals surface area contributed by atoms with Crippen molar-refractivity contribution in [2.75, 3.05) is 23.7 Å². The van der Waals surface area contributed by atoms with Crippen LogP contribution in [0, 0.1) is 13.8 Å². The van der Waals surface area contributed by atoms with Gasteiger partial charge in [-0.05, 0) is 61.6 Å². The highest BCUT2D eigenvalue weighted by molar-refractivity contribution is 7.92. The van der Waals surface area contributed by atoms with Gasteiger partial charge in [0.25, 0.3) is 0 Å². The third-order valence-electron chi connectivity index (χ3n) is 5.03. The molecule has 0 aliphatic carbocycles. The first-order valence-electron chi connectivity index (χ1n) is 10.1. The number of sulfonamides is 1. The number of nitrogens with one attached hydrogen (secondary N) is 1. The maximum absolute atomic E-state index is 12.7. The third-order valence-corrected chi connectivity index (χ3v) is 6.27. The van der Waals surface area contributed by atoms with Crippen LogP contribution >= 0.6 is 0 Å². The van der Waals surface area contributed by atoms with Crippen LogP contribution in [0.3, 0.4) is 0 Å². The van der Waals surface area contributed by atoms with Crippen LogP contribution in [0.15, 0.2) is 42.5 Å². The molecule has 0 aromatic heterocycles. The summed E-state index contributed by atoms with van der Waals surface area (Å²) in [7, 11) is -3.64. The topological polar surface area (TPSA) is 75.7 Å². The Kier molecular flexibility index (Phi) is 7.89. The van der Waals surface area contributed by atoms with Gasteiger partial charge < -0.3 is 10.1 Å². The molecule has 0 fully saturated rings. The molecule has 0 spiro atoms. The Morgan fingerprint density at radius 2 is 1.73 bits per heavy atom.